The summed E-state index contributed by atoms with van der Waals surface area (Å²) in [5, 5.41) is 3.18. The van der Waals surface area contributed by atoms with E-state index in [0.717, 1.165) is 16.7 Å². The number of hydrogen-bond acceptors (Lipinski definition) is 6. The van der Waals surface area contributed by atoms with Crippen LogP contribution in [0.15, 0.2) is 57.7 Å². The summed E-state index contributed by atoms with van der Waals surface area (Å²) in [6, 6.07) is 13.2. The van der Waals surface area contributed by atoms with Crippen LogP contribution >= 0.6 is 0 Å². The number of carbonyl (C=O) groups excluding carboxylic acids is 2. The van der Waals surface area contributed by atoms with Crippen LogP contribution < -0.4 is 15.7 Å². The van der Waals surface area contributed by atoms with E-state index in [1.54, 1.807) is 12.1 Å². The molecule has 32 heavy (non-hydrogen) atoms. The van der Waals surface area contributed by atoms with E-state index in [4.69, 9.17) is 13.9 Å². The smallest absolute Gasteiger partial charge is 0.408 e. The molecule has 0 unspecified atom stereocenters. The van der Waals surface area contributed by atoms with Crippen molar-refractivity contribution in [2.24, 2.45) is 0 Å². The topological polar surface area (TPSA) is 94.8 Å². The number of esters is 1. The SMILES string of the molecule is CCC[C@@H](NC(=O)OCc1ccccc1)C(=O)Oc1cc(C)cc2oc(=O)cc(CC)c12. The lowest BCUT2D eigenvalue weighted by Crippen LogP contribution is -2.43. The van der Waals surface area contributed by atoms with Crippen LogP contribution in [0.3, 0.4) is 0 Å². The van der Waals surface area contributed by atoms with Gasteiger partial charge >= 0.3 is 17.7 Å². The maximum absolute atomic E-state index is 12.9. The highest BCUT2D eigenvalue weighted by Crippen LogP contribution is 2.30. The van der Waals surface area contributed by atoms with Crippen molar-refractivity contribution in [3.63, 3.8) is 0 Å². The summed E-state index contributed by atoms with van der Waals surface area (Å²) in [6.45, 7) is 5.73. The molecule has 0 radical (unpaired) electrons. The quantitative estimate of drug-likeness (QED) is 0.313. The van der Waals surface area contributed by atoms with Gasteiger partial charge in [-0.15, -0.1) is 0 Å². The van der Waals surface area contributed by atoms with E-state index in [1.165, 1.54) is 6.07 Å². The highest BCUT2D eigenvalue weighted by atomic mass is 16.6. The first-order valence-electron chi connectivity index (χ1n) is 10.7. The number of carbonyl (C=O) groups is 2. The molecule has 0 bridgehead atoms. The summed E-state index contributed by atoms with van der Waals surface area (Å²) in [4.78, 5) is 37.1. The monoisotopic (exact) mass is 437 g/mol. The highest BCUT2D eigenvalue weighted by molar-refractivity contribution is 5.91. The summed E-state index contributed by atoms with van der Waals surface area (Å²) in [7, 11) is 0. The van der Waals surface area contributed by atoms with Crippen LogP contribution in [0.4, 0.5) is 4.79 Å². The maximum Gasteiger partial charge on any atom is 0.408 e. The lowest BCUT2D eigenvalue weighted by Gasteiger charge is -2.18. The molecule has 3 rings (SSSR count). The number of fused-ring (bicyclic) bond motifs is 1. The summed E-state index contributed by atoms with van der Waals surface area (Å²) in [5.41, 5.74) is 2.25. The first-order chi connectivity index (χ1) is 15.4. The zero-order valence-corrected chi connectivity index (χ0v) is 18.5. The minimum absolute atomic E-state index is 0.0992. The molecule has 2 aromatic carbocycles. The van der Waals surface area contributed by atoms with Gasteiger partial charge in [0.2, 0.25) is 0 Å². The third-order valence-corrected chi connectivity index (χ3v) is 4.99. The van der Waals surface area contributed by atoms with Gasteiger partial charge in [-0.1, -0.05) is 50.6 Å². The van der Waals surface area contributed by atoms with Gasteiger partial charge < -0.3 is 19.2 Å². The molecular formula is C25H27NO6. The Morgan fingerprint density at radius 2 is 1.84 bits per heavy atom. The molecule has 7 nitrogen and oxygen atoms in total. The Balaban J connectivity index is 1.78. The first kappa shape index (κ1) is 23.1. The fraction of sp³-hybridized carbons (Fsp3) is 0.320. The Morgan fingerprint density at radius 3 is 2.53 bits per heavy atom. The summed E-state index contributed by atoms with van der Waals surface area (Å²) < 4.78 is 16.3. The van der Waals surface area contributed by atoms with Gasteiger partial charge in [0.05, 0.1) is 5.39 Å². The zero-order valence-electron chi connectivity index (χ0n) is 18.5. The Bertz CT molecular complexity index is 1150. The summed E-state index contributed by atoms with van der Waals surface area (Å²) in [5.74, 6) is -0.310. The molecule has 3 aromatic rings. The molecule has 1 N–H and O–H groups in total. The second kappa shape index (κ2) is 10.6. The molecule has 1 aromatic heterocycles. The Hall–Kier alpha value is -3.61. The first-order valence-corrected chi connectivity index (χ1v) is 10.7. The Labute approximate surface area is 186 Å². The van der Waals surface area contributed by atoms with E-state index < -0.39 is 23.7 Å². The van der Waals surface area contributed by atoms with Crippen molar-refractivity contribution >= 4 is 23.0 Å². The Kier molecular flexibility index (Phi) is 7.65. The van der Waals surface area contributed by atoms with Crippen LogP contribution in [0.5, 0.6) is 5.75 Å². The van der Waals surface area contributed by atoms with E-state index >= 15 is 0 Å². The number of amides is 1. The van der Waals surface area contributed by atoms with Gasteiger partial charge in [0.1, 0.15) is 24.0 Å². The standard InChI is InChI=1S/C25H27NO6/c1-4-9-19(26-25(29)30-15-17-10-7-6-8-11-17)24(28)32-21-13-16(3)12-20-23(21)18(5-2)14-22(27)31-20/h6-8,10-14,19H,4-5,9,15H2,1-3H3,(H,26,29)/t19-/m1/s1. The third-order valence-electron chi connectivity index (χ3n) is 4.99. The van der Waals surface area contributed by atoms with Crippen LogP contribution in [-0.4, -0.2) is 18.1 Å². The van der Waals surface area contributed by atoms with Crippen molar-refractivity contribution in [3.8, 4) is 5.75 Å². The second-order valence-corrected chi connectivity index (χ2v) is 7.55. The van der Waals surface area contributed by atoms with Crippen molar-refractivity contribution in [2.75, 3.05) is 0 Å². The molecule has 0 saturated carbocycles. The van der Waals surface area contributed by atoms with Crippen molar-refractivity contribution in [3.05, 3.63) is 75.6 Å². The van der Waals surface area contributed by atoms with E-state index in [0.29, 0.717) is 36.0 Å². The zero-order chi connectivity index (χ0) is 23.1. The molecule has 1 atom stereocenters. The molecule has 0 spiro atoms. The van der Waals surface area contributed by atoms with Crippen molar-refractivity contribution in [1.82, 2.24) is 5.32 Å². The third kappa shape index (κ3) is 5.75. The van der Waals surface area contributed by atoms with Crippen LogP contribution in [0, 0.1) is 6.92 Å². The van der Waals surface area contributed by atoms with Crippen molar-refractivity contribution in [2.45, 2.75) is 52.7 Å². The molecular weight excluding hydrogens is 410 g/mol. The van der Waals surface area contributed by atoms with E-state index in [9.17, 15) is 14.4 Å². The average molecular weight is 437 g/mol. The molecule has 0 aliphatic heterocycles. The van der Waals surface area contributed by atoms with Gasteiger partial charge in [-0.25, -0.2) is 14.4 Å². The fourth-order valence-corrected chi connectivity index (χ4v) is 3.45. The van der Waals surface area contributed by atoms with Gasteiger partial charge in [-0.05, 0) is 48.6 Å². The fourth-order valence-electron chi connectivity index (χ4n) is 3.45. The molecule has 0 saturated heterocycles. The van der Waals surface area contributed by atoms with Crippen LogP contribution in [0.25, 0.3) is 11.0 Å². The van der Waals surface area contributed by atoms with E-state index in [-0.39, 0.29) is 6.61 Å². The van der Waals surface area contributed by atoms with Gasteiger partial charge in [-0.2, -0.15) is 0 Å². The van der Waals surface area contributed by atoms with Crippen LogP contribution in [0.2, 0.25) is 0 Å². The van der Waals surface area contributed by atoms with Gasteiger partial charge in [-0.3, -0.25) is 0 Å². The van der Waals surface area contributed by atoms with Crippen molar-refractivity contribution in [1.29, 1.82) is 0 Å². The van der Waals surface area contributed by atoms with Gasteiger partial charge in [0.15, 0.2) is 0 Å². The number of nitrogens with one attached hydrogen (secondary N) is 1. The number of ether oxygens (including phenoxy) is 2. The molecule has 7 heteroatoms. The maximum atomic E-state index is 12.9. The molecule has 0 aliphatic rings. The number of hydrogen-bond donors (Lipinski definition) is 1. The largest absolute Gasteiger partial charge is 0.445 e. The molecule has 1 amide bonds. The summed E-state index contributed by atoms with van der Waals surface area (Å²) >= 11 is 0. The number of rotatable bonds is 8. The van der Waals surface area contributed by atoms with E-state index in [2.05, 4.69) is 5.32 Å². The van der Waals surface area contributed by atoms with Gasteiger partial charge in [0, 0.05) is 6.07 Å². The molecule has 0 fully saturated rings. The highest BCUT2D eigenvalue weighted by Gasteiger charge is 2.24. The number of aryl methyl sites for hydroxylation is 2. The normalized spacial score (nSPS) is 11.7. The molecule has 0 aliphatic carbocycles. The average Bonchev–Trinajstić information content (AvgIpc) is 2.77. The van der Waals surface area contributed by atoms with Crippen molar-refractivity contribution < 1.29 is 23.5 Å². The van der Waals surface area contributed by atoms with Crippen LogP contribution in [0.1, 0.15) is 43.4 Å². The molecule has 168 valence electrons. The number of benzene rings is 2. The van der Waals surface area contributed by atoms with E-state index in [1.807, 2.05) is 51.1 Å². The minimum atomic E-state index is -0.875. The molecule has 1 heterocycles. The lowest BCUT2D eigenvalue weighted by atomic mass is 10.0. The predicted molar refractivity (Wildman–Crippen MR) is 121 cm³/mol. The predicted octanol–water partition coefficient (Wildman–Crippen LogP) is 4.66. The van der Waals surface area contributed by atoms with Gasteiger partial charge in [0.25, 0.3) is 0 Å². The number of alkyl carbamates (subject to hydrolysis) is 1. The second-order valence-electron chi connectivity index (χ2n) is 7.55. The Morgan fingerprint density at radius 1 is 1.09 bits per heavy atom. The lowest BCUT2D eigenvalue weighted by molar-refractivity contribution is -0.136. The van der Waals surface area contributed by atoms with Crippen LogP contribution in [-0.2, 0) is 22.6 Å². The summed E-state index contributed by atoms with van der Waals surface area (Å²) in [6.07, 6.45) is 0.915. The minimum Gasteiger partial charge on any atom is -0.445 e.